The van der Waals surface area contributed by atoms with E-state index in [9.17, 15) is 13.9 Å². The zero-order valence-electron chi connectivity index (χ0n) is 16.4. The molecule has 0 fully saturated rings. The van der Waals surface area contributed by atoms with Crippen LogP contribution < -0.4 is 4.74 Å². The van der Waals surface area contributed by atoms with E-state index in [1.807, 2.05) is 26.8 Å². The maximum Gasteiger partial charge on any atom is 0.147 e. The third kappa shape index (κ3) is 4.18. The van der Waals surface area contributed by atoms with E-state index in [0.29, 0.717) is 29.1 Å². The molecule has 1 unspecified atom stereocenters. The quantitative estimate of drug-likeness (QED) is 0.497. The number of phenols is 1. The second-order valence-corrected chi connectivity index (χ2v) is 8.61. The Hall–Kier alpha value is -2.45. The summed E-state index contributed by atoms with van der Waals surface area (Å²) in [5, 5.41) is 19.6. The van der Waals surface area contributed by atoms with Crippen molar-refractivity contribution in [1.82, 2.24) is 15.0 Å². The zero-order chi connectivity index (χ0) is 20.5. The van der Waals surface area contributed by atoms with Gasteiger partial charge in [0.1, 0.15) is 28.2 Å². The van der Waals surface area contributed by atoms with E-state index in [1.54, 1.807) is 12.1 Å². The van der Waals surface area contributed by atoms with Crippen LogP contribution in [0, 0.1) is 0 Å². The van der Waals surface area contributed by atoms with Gasteiger partial charge in [0, 0.05) is 16.5 Å². The van der Waals surface area contributed by atoms with Gasteiger partial charge in [-0.15, -0.1) is 15.0 Å². The molecule has 28 heavy (non-hydrogen) atoms. The number of hydrogen-bond acceptors (Lipinski definition) is 6. The van der Waals surface area contributed by atoms with Crippen molar-refractivity contribution in [1.29, 1.82) is 0 Å². The highest BCUT2D eigenvalue weighted by Gasteiger charge is 2.23. The maximum atomic E-state index is 11.2. The molecule has 3 rings (SSSR count). The Morgan fingerprint density at radius 2 is 1.89 bits per heavy atom. The van der Waals surface area contributed by atoms with Gasteiger partial charge >= 0.3 is 0 Å². The molecular formula is C20H24N3O4S-. The Balaban J connectivity index is 2.12. The maximum absolute atomic E-state index is 11.2. The number of ether oxygens (including phenoxy) is 1. The van der Waals surface area contributed by atoms with Crippen molar-refractivity contribution in [3.05, 3.63) is 35.9 Å². The van der Waals surface area contributed by atoms with Gasteiger partial charge in [0.2, 0.25) is 0 Å². The van der Waals surface area contributed by atoms with Crippen LogP contribution in [0.5, 0.6) is 11.5 Å². The second-order valence-electron chi connectivity index (χ2n) is 7.67. The van der Waals surface area contributed by atoms with E-state index >= 15 is 0 Å². The summed E-state index contributed by atoms with van der Waals surface area (Å²) in [5.41, 5.74) is 1.75. The van der Waals surface area contributed by atoms with Crippen molar-refractivity contribution in [3.63, 3.8) is 0 Å². The molecule has 7 nitrogen and oxygen atoms in total. The van der Waals surface area contributed by atoms with E-state index in [2.05, 4.69) is 17.1 Å². The number of aromatic hydroxyl groups is 1. The van der Waals surface area contributed by atoms with Gasteiger partial charge in [-0.1, -0.05) is 34.1 Å². The molecule has 0 saturated carbocycles. The van der Waals surface area contributed by atoms with Crippen LogP contribution in [0.25, 0.3) is 16.7 Å². The van der Waals surface area contributed by atoms with Crippen molar-refractivity contribution in [2.75, 3.05) is 6.61 Å². The molecule has 0 aliphatic heterocycles. The van der Waals surface area contributed by atoms with E-state index in [4.69, 9.17) is 4.74 Å². The molecule has 150 valence electrons. The van der Waals surface area contributed by atoms with E-state index < -0.39 is 11.1 Å². The smallest absolute Gasteiger partial charge is 0.147 e. The first-order valence-electron chi connectivity index (χ1n) is 9.17. The zero-order valence-corrected chi connectivity index (χ0v) is 17.2. The molecule has 0 aliphatic carbocycles. The topological polar surface area (TPSA) is 100 Å². The number of unbranched alkanes of at least 4 members (excludes halogenated alkanes) is 1. The van der Waals surface area contributed by atoms with Crippen molar-refractivity contribution < 1.29 is 18.6 Å². The van der Waals surface area contributed by atoms with Gasteiger partial charge in [-0.05, 0) is 47.2 Å². The van der Waals surface area contributed by atoms with Gasteiger partial charge in [0.25, 0.3) is 0 Å². The van der Waals surface area contributed by atoms with Crippen LogP contribution in [-0.4, -0.2) is 35.5 Å². The summed E-state index contributed by atoms with van der Waals surface area (Å²) in [6.45, 7) is 8.69. The van der Waals surface area contributed by atoms with Crippen LogP contribution in [0.4, 0.5) is 0 Å². The minimum absolute atomic E-state index is 0.0725. The molecule has 1 heterocycles. The molecule has 1 N–H and O–H groups in total. The number of nitrogens with zero attached hydrogens (tertiary/aromatic N) is 3. The second kappa shape index (κ2) is 7.89. The molecule has 2 aromatic carbocycles. The van der Waals surface area contributed by atoms with E-state index in [1.165, 1.54) is 16.9 Å². The van der Waals surface area contributed by atoms with Crippen molar-refractivity contribution in [2.45, 2.75) is 50.8 Å². The molecule has 3 aromatic rings. The Morgan fingerprint density at radius 1 is 1.18 bits per heavy atom. The highest BCUT2D eigenvalue weighted by atomic mass is 32.2. The fraction of sp³-hybridized carbons (Fsp3) is 0.400. The molecule has 0 saturated heterocycles. The number of hydrogen-bond donors (Lipinski definition) is 1. The van der Waals surface area contributed by atoms with Gasteiger partial charge in [-0.2, -0.15) is 0 Å². The number of phenolic OH excluding ortho intramolecular Hbond substituents is 1. The summed E-state index contributed by atoms with van der Waals surface area (Å²) in [4.78, 5) is 1.45. The van der Waals surface area contributed by atoms with Crippen LogP contribution in [-0.2, 0) is 16.5 Å². The van der Waals surface area contributed by atoms with Gasteiger partial charge in [-0.3, -0.25) is 4.21 Å². The highest BCUT2D eigenvalue weighted by molar-refractivity contribution is 7.79. The van der Waals surface area contributed by atoms with Crippen LogP contribution in [0.2, 0.25) is 0 Å². The summed E-state index contributed by atoms with van der Waals surface area (Å²) in [6.07, 6.45) is 1.95. The van der Waals surface area contributed by atoms with E-state index in [0.717, 1.165) is 18.4 Å². The Kier molecular flexibility index (Phi) is 5.71. The lowest BCUT2D eigenvalue weighted by molar-refractivity contribution is 0.307. The predicted octanol–water partition coefficient (Wildman–Crippen LogP) is 3.84. The molecule has 0 amide bonds. The molecule has 8 heteroatoms. The molecular weight excluding hydrogens is 378 g/mol. The molecule has 0 aliphatic rings. The average Bonchev–Trinajstić information content (AvgIpc) is 3.05. The van der Waals surface area contributed by atoms with Crippen LogP contribution in [0.3, 0.4) is 0 Å². The number of aromatic nitrogens is 3. The third-order valence-electron chi connectivity index (χ3n) is 4.40. The van der Waals surface area contributed by atoms with Crippen LogP contribution >= 0.6 is 0 Å². The standard InChI is InChI=1S/C20H25N3O4S/c1-5-6-9-27-13-10-15(20(2,3)4)19(24)18(11-13)23-21-16-8-7-14(28(25)26)12-17(16)22-23/h7-8,10-12,24H,5-6,9H2,1-4H3,(H,25,26)/p-1. The lowest BCUT2D eigenvalue weighted by Gasteiger charge is -2.23. The molecule has 0 radical (unpaired) electrons. The first-order valence-corrected chi connectivity index (χ1v) is 10.2. The van der Waals surface area contributed by atoms with Crippen LogP contribution in [0.1, 0.15) is 46.1 Å². The lowest BCUT2D eigenvalue weighted by atomic mass is 9.86. The molecule has 0 bridgehead atoms. The Labute approximate surface area is 166 Å². The Morgan fingerprint density at radius 3 is 2.54 bits per heavy atom. The number of fused-ring (bicyclic) bond motifs is 1. The predicted molar refractivity (Wildman–Crippen MR) is 107 cm³/mol. The molecule has 1 atom stereocenters. The minimum Gasteiger partial charge on any atom is -0.768 e. The number of benzene rings is 2. The first-order chi connectivity index (χ1) is 13.2. The summed E-state index contributed by atoms with van der Waals surface area (Å²) < 4.78 is 28.2. The van der Waals surface area contributed by atoms with Crippen molar-refractivity contribution in [2.24, 2.45) is 0 Å². The largest absolute Gasteiger partial charge is 0.768 e. The lowest BCUT2D eigenvalue weighted by Crippen LogP contribution is -2.14. The van der Waals surface area contributed by atoms with Crippen molar-refractivity contribution >= 4 is 22.1 Å². The summed E-state index contributed by atoms with van der Waals surface area (Å²) in [7, 11) is 0. The monoisotopic (exact) mass is 402 g/mol. The summed E-state index contributed by atoms with van der Waals surface area (Å²) in [6, 6.07) is 8.05. The Bertz CT molecular complexity index is 1020. The van der Waals surface area contributed by atoms with Gasteiger partial charge in [0.15, 0.2) is 0 Å². The summed E-state index contributed by atoms with van der Waals surface area (Å²) in [5.74, 6) is 0.706. The minimum atomic E-state index is -2.34. The average molecular weight is 402 g/mol. The fourth-order valence-corrected chi connectivity index (χ4v) is 3.23. The highest BCUT2D eigenvalue weighted by Crippen LogP contribution is 2.38. The number of rotatable bonds is 6. The van der Waals surface area contributed by atoms with E-state index in [-0.39, 0.29) is 16.1 Å². The molecule has 0 spiro atoms. The third-order valence-corrected chi connectivity index (χ3v) is 5.04. The summed E-state index contributed by atoms with van der Waals surface area (Å²) >= 11 is -2.34. The van der Waals surface area contributed by atoms with Gasteiger partial charge < -0.3 is 14.4 Å². The normalized spacial score (nSPS) is 13.0. The van der Waals surface area contributed by atoms with Gasteiger partial charge in [0.05, 0.1) is 6.61 Å². The van der Waals surface area contributed by atoms with Gasteiger partial charge in [-0.25, -0.2) is 0 Å². The van der Waals surface area contributed by atoms with Crippen LogP contribution in [0.15, 0.2) is 35.2 Å². The fourth-order valence-electron chi connectivity index (χ4n) is 2.84. The molecule has 1 aromatic heterocycles. The van der Waals surface area contributed by atoms with Crippen molar-refractivity contribution in [3.8, 4) is 17.2 Å². The SMILES string of the molecule is CCCCOc1cc(-n2nc3ccc(S(=O)[O-])cc3n2)c(O)c(C(C)(C)C)c1. The first kappa shape index (κ1) is 20.3.